The number of fused-ring (bicyclic) bond motifs is 3. The molecule has 0 spiro atoms. The monoisotopic (exact) mass is 452 g/mol. The predicted octanol–water partition coefficient (Wildman–Crippen LogP) is 6.22. The molecule has 0 fully saturated rings. The number of hydrogen-bond acceptors (Lipinski definition) is 5. The number of methoxy groups -OCH3 is 1. The maximum atomic E-state index is 12.7. The molecular formula is C25H25ClN2O4. The molecule has 0 aliphatic carbocycles. The molecule has 0 radical (unpaired) electrons. The summed E-state index contributed by atoms with van der Waals surface area (Å²) in [5.74, 6) is 0.221. The lowest BCUT2D eigenvalue weighted by Crippen LogP contribution is -2.15. The molecule has 0 aliphatic heterocycles. The number of nitrogens with zero attached hydrogens (tertiary/aromatic N) is 1. The Balaban J connectivity index is 1.86. The summed E-state index contributed by atoms with van der Waals surface area (Å²) in [4.78, 5) is 20.5. The molecule has 1 atom stereocenters. The Kier molecular flexibility index (Phi) is 6.35. The summed E-state index contributed by atoms with van der Waals surface area (Å²) in [6, 6.07) is 13.4. The molecule has 2 aromatic carbocycles. The number of carbonyl (C=O) groups excluding carboxylic acids is 1. The van der Waals surface area contributed by atoms with Crippen molar-refractivity contribution in [3.05, 3.63) is 70.5 Å². The lowest BCUT2D eigenvalue weighted by molar-refractivity contribution is 0.0366. The van der Waals surface area contributed by atoms with Crippen LogP contribution in [0.1, 0.15) is 48.5 Å². The molecule has 32 heavy (non-hydrogen) atoms. The maximum absolute atomic E-state index is 12.7. The van der Waals surface area contributed by atoms with Crippen LogP contribution in [0.3, 0.4) is 0 Å². The van der Waals surface area contributed by atoms with Gasteiger partial charge in [0, 0.05) is 28.5 Å². The van der Waals surface area contributed by atoms with Gasteiger partial charge in [0.1, 0.15) is 11.9 Å². The highest BCUT2D eigenvalue weighted by atomic mass is 35.5. The number of pyridine rings is 1. The van der Waals surface area contributed by atoms with Crippen molar-refractivity contribution in [2.45, 2.75) is 39.6 Å². The number of esters is 1. The molecule has 0 aliphatic rings. The minimum atomic E-state index is -0.476. The SMILES string of the molecule is COCc1c(C(=O)OC(C)C)ncc2[nH]c3cccc(OC(C)c4ccc(Cl)cc4)c3c12. The predicted molar refractivity (Wildman–Crippen MR) is 125 cm³/mol. The van der Waals surface area contributed by atoms with Crippen LogP contribution >= 0.6 is 11.6 Å². The molecule has 1 unspecified atom stereocenters. The average molecular weight is 453 g/mol. The van der Waals surface area contributed by atoms with Gasteiger partial charge in [0.2, 0.25) is 0 Å². The highest BCUT2D eigenvalue weighted by molar-refractivity contribution is 6.30. The summed E-state index contributed by atoms with van der Waals surface area (Å²) in [6.07, 6.45) is 1.19. The van der Waals surface area contributed by atoms with Crippen LogP contribution in [0.25, 0.3) is 21.8 Å². The quantitative estimate of drug-likeness (QED) is 0.337. The standard InChI is InChI=1S/C25H25ClN2O4/c1-14(2)31-25(29)24-18(13-30-4)22-20(12-27-24)28-19-6-5-7-21(23(19)22)32-15(3)16-8-10-17(26)11-9-16/h5-12,14-15,28H,13H2,1-4H3. The fourth-order valence-corrected chi connectivity index (χ4v) is 3.92. The van der Waals surface area contributed by atoms with Gasteiger partial charge in [-0.2, -0.15) is 0 Å². The summed E-state index contributed by atoms with van der Waals surface area (Å²) >= 11 is 6.02. The lowest BCUT2D eigenvalue weighted by atomic mass is 10.0. The third-order valence-electron chi connectivity index (χ3n) is 5.19. The van der Waals surface area contributed by atoms with Gasteiger partial charge in [0.15, 0.2) is 5.69 Å². The Labute approximate surface area is 191 Å². The van der Waals surface area contributed by atoms with E-state index < -0.39 is 5.97 Å². The molecule has 4 rings (SSSR count). The summed E-state index contributed by atoms with van der Waals surface area (Å²) in [6.45, 7) is 5.81. The van der Waals surface area contributed by atoms with Crippen LogP contribution in [0.5, 0.6) is 5.75 Å². The van der Waals surface area contributed by atoms with Crippen molar-refractivity contribution in [3.8, 4) is 5.75 Å². The molecule has 1 N–H and O–H groups in total. The molecule has 2 heterocycles. The van der Waals surface area contributed by atoms with Crippen molar-refractivity contribution in [2.75, 3.05) is 7.11 Å². The van der Waals surface area contributed by atoms with Crippen molar-refractivity contribution < 1.29 is 19.0 Å². The van der Waals surface area contributed by atoms with E-state index in [2.05, 4.69) is 9.97 Å². The second-order valence-electron chi connectivity index (χ2n) is 7.88. The zero-order chi connectivity index (χ0) is 22.8. The number of H-pyrrole nitrogens is 1. The molecule has 0 bridgehead atoms. The van der Waals surface area contributed by atoms with Crippen LogP contribution in [-0.2, 0) is 16.1 Å². The van der Waals surface area contributed by atoms with Crippen LogP contribution in [0.4, 0.5) is 0 Å². The molecule has 4 aromatic rings. The molecule has 166 valence electrons. The average Bonchev–Trinajstić information content (AvgIpc) is 3.14. The highest BCUT2D eigenvalue weighted by Gasteiger charge is 2.23. The van der Waals surface area contributed by atoms with Gasteiger partial charge in [-0.05, 0) is 50.6 Å². The van der Waals surface area contributed by atoms with Crippen molar-refractivity contribution in [1.29, 1.82) is 0 Å². The van der Waals surface area contributed by atoms with Crippen molar-refractivity contribution in [3.63, 3.8) is 0 Å². The van der Waals surface area contributed by atoms with Crippen LogP contribution in [0.2, 0.25) is 5.02 Å². The van der Waals surface area contributed by atoms with E-state index in [1.165, 1.54) is 0 Å². The third kappa shape index (κ3) is 4.29. The van der Waals surface area contributed by atoms with Crippen LogP contribution in [-0.4, -0.2) is 29.2 Å². The Hall–Kier alpha value is -3.09. The fourth-order valence-electron chi connectivity index (χ4n) is 3.79. The van der Waals surface area contributed by atoms with E-state index in [0.29, 0.717) is 16.3 Å². The number of halogens is 1. The van der Waals surface area contributed by atoms with Gasteiger partial charge >= 0.3 is 5.97 Å². The first-order valence-corrected chi connectivity index (χ1v) is 10.8. The van der Waals surface area contributed by atoms with Crippen LogP contribution < -0.4 is 4.74 Å². The smallest absolute Gasteiger partial charge is 0.357 e. The fraction of sp³-hybridized carbons (Fsp3) is 0.280. The van der Waals surface area contributed by atoms with E-state index in [1.807, 2.05) is 63.2 Å². The second-order valence-corrected chi connectivity index (χ2v) is 8.31. The van der Waals surface area contributed by atoms with E-state index in [0.717, 1.165) is 27.4 Å². The van der Waals surface area contributed by atoms with Gasteiger partial charge in [0.25, 0.3) is 0 Å². The molecule has 2 aromatic heterocycles. The van der Waals surface area contributed by atoms with E-state index >= 15 is 0 Å². The van der Waals surface area contributed by atoms with Gasteiger partial charge in [-0.15, -0.1) is 0 Å². The van der Waals surface area contributed by atoms with Crippen molar-refractivity contribution in [1.82, 2.24) is 9.97 Å². The third-order valence-corrected chi connectivity index (χ3v) is 5.45. The number of carbonyl (C=O) groups is 1. The van der Waals surface area contributed by atoms with Crippen molar-refractivity contribution >= 4 is 39.4 Å². The number of nitrogens with one attached hydrogen (secondary N) is 1. The molecule has 0 saturated carbocycles. The molecule has 7 heteroatoms. The number of aromatic amines is 1. The topological polar surface area (TPSA) is 73.4 Å². The Bertz CT molecular complexity index is 1260. The zero-order valence-corrected chi connectivity index (χ0v) is 19.2. The van der Waals surface area contributed by atoms with Crippen LogP contribution in [0.15, 0.2) is 48.7 Å². The zero-order valence-electron chi connectivity index (χ0n) is 18.4. The summed E-state index contributed by atoms with van der Waals surface area (Å²) < 4.78 is 17.2. The van der Waals surface area contributed by atoms with E-state index in [-0.39, 0.29) is 24.5 Å². The van der Waals surface area contributed by atoms with Crippen LogP contribution in [0, 0.1) is 0 Å². The Morgan fingerprint density at radius 3 is 2.50 bits per heavy atom. The summed E-state index contributed by atoms with van der Waals surface area (Å²) in [7, 11) is 1.59. The number of hydrogen-bond donors (Lipinski definition) is 1. The largest absolute Gasteiger partial charge is 0.485 e. The molecule has 6 nitrogen and oxygen atoms in total. The first-order chi connectivity index (χ1) is 15.4. The van der Waals surface area contributed by atoms with Gasteiger partial charge in [-0.1, -0.05) is 29.8 Å². The van der Waals surface area contributed by atoms with Gasteiger partial charge in [-0.25, -0.2) is 9.78 Å². The first-order valence-electron chi connectivity index (χ1n) is 10.4. The van der Waals surface area contributed by atoms with Gasteiger partial charge in [0.05, 0.1) is 29.9 Å². The molecular weight excluding hydrogens is 428 g/mol. The minimum absolute atomic E-state index is 0.207. The lowest BCUT2D eigenvalue weighted by Gasteiger charge is -2.17. The van der Waals surface area contributed by atoms with E-state index in [4.69, 9.17) is 25.8 Å². The second kappa shape index (κ2) is 9.18. The normalized spacial score (nSPS) is 12.4. The number of aromatic nitrogens is 2. The Morgan fingerprint density at radius 1 is 1.06 bits per heavy atom. The number of ether oxygens (including phenoxy) is 3. The summed E-state index contributed by atoms with van der Waals surface area (Å²) in [5.41, 5.74) is 3.59. The maximum Gasteiger partial charge on any atom is 0.357 e. The minimum Gasteiger partial charge on any atom is -0.485 e. The van der Waals surface area contributed by atoms with Gasteiger partial charge in [-0.3, -0.25) is 0 Å². The first kappa shape index (κ1) is 22.1. The number of benzene rings is 2. The molecule has 0 saturated heterocycles. The van der Waals surface area contributed by atoms with E-state index in [1.54, 1.807) is 13.3 Å². The van der Waals surface area contributed by atoms with E-state index in [9.17, 15) is 4.79 Å². The van der Waals surface area contributed by atoms with Gasteiger partial charge < -0.3 is 19.2 Å². The number of rotatable bonds is 7. The summed E-state index contributed by atoms with van der Waals surface area (Å²) in [5, 5.41) is 2.39. The molecule has 0 amide bonds. The van der Waals surface area contributed by atoms with Crippen molar-refractivity contribution in [2.24, 2.45) is 0 Å². The highest BCUT2D eigenvalue weighted by Crippen LogP contribution is 2.38. The Morgan fingerprint density at radius 2 is 1.81 bits per heavy atom.